The monoisotopic (exact) mass is 296 g/mol. The third kappa shape index (κ3) is 3.80. The van der Waals surface area contributed by atoms with Gasteiger partial charge >= 0.3 is 0 Å². The smallest absolute Gasteiger partial charge is 0.251 e. The molecule has 1 aromatic carbocycles. The second-order valence-corrected chi connectivity index (χ2v) is 7.06. The number of rotatable bonds is 3. The van der Waals surface area contributed by atoms with Crippen molar-refractivity contribution >= 4 is 15.9 Å². The zero-order valence-corrected chi connectivity index (χ0v) is 12.3. The van der Waals surface area contributed by atoms with Gasteiger partial charge in [-0.2, -0.15) is 0 Å². The van der Waals surface area contributed by atoms with Crippen LogP contribution >= 0.6 is 0 Å². The van der Waals surface area contributed by atoms with Gasteiger partial charge in [-0.15, -0.1) is 0 Å². The molecule has 0 spiro atoms. The molecular formula is C14H20N2O3S. The van der Waals surface area contributed by atoms with Crippen LogP contribution in [0.3, 0.4) is 0 Å². The number of hydrogen-bond donors (Lipinski definition) is 2. The summed E-state index contributed by atoms with van der Waals surface area (Å²) in [6, 6.07) is 5.90. The van der Waals surface area contributed by atoms with Gasteiger partial charge in [0.1, 0.15) is 0 Å². The predicted octanol–water partition coefficient (Wildman–Crippen LogP) is 1.64. The fourth-order valence-corrected chi connectivity index (χ4v) is 2.98. The fourth-order valence-electron chi connectivity index (χ4n) is 2.47. The lowest BCUT2D eigenvalue weighted by atomic mass is 9.87. The summed E-state index contributed by atoms with van der Waals surface area (Å²) in [6.07, 6.45) is 4.27. The highest BCUT2D eigenvalue weighted by Gasteiger charge is 2.20. The Bertz CT molecular complexity index is 573. The number of primary sulfonamides is 1. The molecule has 20 heavy (non-hydrogen) atoms. The van der Waals surface area contributed by atoms with E-state index in [4.69, 9.17) is 5.14 Å². The molecule has 3 N–H and O–H groups in total. The van der Waals surface area contributed by atoms with Crippen LogP contribution in [-0.2, 0) is 10.0 Å². The third-order valence-electron chi connectivity index (χ3n) is 3.80. The highest BCUT2D eigenvalue weighted by Crippen LogP contribution is 2.23. The molecule has 6 heteroatoms. The maximum absolute atomic E-state index is 12.1. The molecule has 0 bridgehead atoms. The second-order valence-electron chi connectivity index (χ2n) is 5.50. The lowest BCUT2D eigenvalue weighted by Crippen LogP contribution is -2.37. The lowest BCUT2D eigenvalue weighted by molar-refractivity contribution is 0.0923. The normalized spacial score (nSPS) is 23.3. The van der Waals surface area contributed by atoms with Gasteiger partial charge in [0.2, 0.25) is 10.0 Å². The van der Waals surface area contributed by atoms with Crippen molar-refractivity contribution in [1.82, 2.24) is 5.32 Å². The van der Waals surface area contributed by atoms with E-state index in [0.717, 1.165) is 31.6 Å². The summed E-state index contributed by atoms with van der Waals surface area (Å²) in [6.45, 7) is 2.23. The van der Waals surface area contributed by atoms with Crippen LogP contribution in [0.15, 0.2) is 29.2 Å². The van der Waals surface area contributed by atoms with E-state index in [1.54, 1.807) is 0 Å². The number of benzene rings is 1. The van der Waals surface area contributed by atoms with E-state index < -0.39 is 10.0 Å². The van der Waals surface area contributed by atoms with Gasteiger partial charge in [0, 0.05) is 11.6 Å². The van der Waals surface area contributed by atoms with Crippen molar-refractivity contribution < 1.29 is 13.2 Å². The van der Waals surface area contributed by atoms with Crippen molar-refractivity contribution in [3.63, 3.8) is 0 Å². The van der Waals surface area contributed by atoms with Gasteiger partial charge in [0.05, 0.1) is 4.90 Å². The number of nitrogens with one attached hydrogen (secondary N) is 1. The van der Waals surface area contributed by atoms with Crippen LogP contribution in [0, 0.1) is 5.92 Å². The molecule has 1 aliphatic carbocycles. The second kappa shape index (κ2) is 5.93. The zero-order valence-electron chi connectivity index (χ0n) is 11.5. The largest absolute Gasteiger partial charge is 0.349 e. The van der Waals surface area contributed by atoms with E-state index >= 15 is 0 Å². The Hall–Kier alpha value is -1.40. The molecule has 110 valence electrons. The Labute approximate surface area is 119 Å². The first-order valence-electron chi connectivity index (χ1n) is 6.80. The molecule has 0 heterocycles. The van der Waals surface area contributed by atoms with Crippen molar-refractivity contribution in [2.24, 2.45) is 11.1 Å². The summed E-state index contributed by atoms with van der Waals surface area (Å²) in [7, 11) is -3.71. The Morgan fingerprint density at radius 2 is 1.70 bits per heavy atom. The lowest BCUT2D eigenvalue weighted by Gasteiger charge is -2.26. The standard InChI is InChI=1S/C14H20N2O3S/c1-10-2-6-12(7-3-10)16-14(17)11-4-8-13(9-5-11)20(15,18)19/h4-5,8-10,12H,2-3,6-7H2,1H3,(H,16,17)(H2,15,18,19). The van der Waals surface area contributed by atoms with Gasteiger partial charge in [-0.1, -0.05) is 6.92 Å². The van der Waals surface area contributed by atoms with Crippen LogP contribution < -0.4 is 10.5 Å². The first-order chi connectivity index (χ1) is 9.36. The number of carbonyl (C=O) groups is 1. The summed E-state index contributed by atoms with van der Waals surface area (Å²) >= 11 is 0. The summed E-state index contributed by atoms with van der Waals surface area (Å²) in [5.41, 5.74) is 0.455. The SMILES string of the molecule is CC1CCC(NC(=O)c2ccc(S(N)(=O)=O)cc2)CC1. The number of sulfonamides is 1. The van der Waals surface area contributed by atoms with Crippen LogP contribution in [0.1, 0.15) is 43.0 Å². The molecule has 1 aliphatic rings. The minimum absolute atomic E-state index is 0.0144. The Balaban J connectivity index is 1.99. The van der Waals surface area contributed by atoms with Gasteiger partial charge in [-0.05, 0) is 55.9 Å². The molecule has 1 aromatic rings. The molecule has 5 nitrogen and oxygen atoms in total. The minimum Gasteiger partial charge on any atom is -0.349 e. The number of nitrogens with two attached hydrogens (primary N) is 1. The van der Waals surface area contributed by atoms with Crippen molar-refractivity contribution in [2.45, 2.75) is 43.5 Å². The highest BCUT2D eigenvalue weighted by molar-refractivity contribution is 7.89. The maximum atomic E-state index is 12.1. The van der Waals surface area contributed by atoms with Crippen molar-refractivity contribution in [3.8, 4) is 0 Å². The van der Waals surface area contributed by atoms with E-state index in [2.05, 4.69) is 12.2 Å². The predicted molar refractivity (Wildman–Crippen MR) is 76.7 cm³/mol. The molecular weight excluding hydrogens is 276 g/mol. The van der Waals surface area contributed by atoms with E-state index in [9.17, 15) is 13.2 Å². The van der Waals surface area contributed by atoms with Crippen LogP contribution in [0.5, 0.6) is 0 Å². The average Bonchev–Trinajstić information content (AvgIpc) is 2.40. The van der Waals surface area contributed by atoms with E-state index in [-0.39, 0.29) is 16.8 Å². The molecule has 0 aromatic heterocycles. The first kappa shape index (κ1) is 15.0. The van der Waals surface area contributed by atoms with Crippen LogP contribution in [0.2, 0.25) is 0 Å². The fraction of sp³-hybridized carbons (Fsp3) is 0.500. The summed E-state index contributed by atoms with van der Waals surface area (Å²) in [5.74, 6) is 0.572. The highest BCUT2D eigenvalue weighted by atomic mass is 32.2. The number of amides is 1. The van der Waals surface area contributed by atoms with Crippen LogP contribution in [0.25, 0.3) is 0 Å². The van der Waals surface area contributed by atoms with Crippen molar-refractivity contribution in [3.05, 3.63) is 29.8 Å². The third-order valence-corrected chi connectivity index (χ3v) is 4.73. The summed E-state index contributed by atoms with van der Waals surface area (Å²) in [4.78, 5) is 12.1. The van der Waals surface area contributed by atoms with E-state index in [1.165, 1.54) is 24.3 Å². The molecule has 0 radical (unpaired) electrons. The van der Waals surface area contributed by atoms with Crippen LogP contribution in [-0.4, -0.2) is 20.4 Å². The van der Waals surface area contributed by atoms with Crippen molar-refractivity contribution in [2.75, 3.05) is 0 Å². The Morgan fingerprint density at radius 3 is 2.20 bits per heavy atom. The average molecular weight is 296 g/mol. The molecule has 0 saturated heterocycles. The maximum Gasteiger partial charge on any atom is 0.251 e. The molecule has 2 rings (SSSR count). The van der Waals surface area contributed by atoms with Gasteiger partial charge in [0.15, 0.2) is 0 Å². The van der Waals surface area contributed by atoms with E-state index in [0.29, 0.717) is 5.56 Å². The Kier molecular flexibility index (Phi) is 4.45. The van der Waals surface area contributed by atoms with Crippen molar-refractivity contribution in [1.29, 1.82) is 0 Å². The molecule has 0 unspecified atom stereocenters. The first-order valence-corrected chi connectivity index (χ1v) is 8.34. The summed E-state index contributed by atoms with van der Waals surface area (Å²) < 4.78 is 22.3. The minimum atomic E-state index is -3.71. The molecule has 1 saturated carbocycles. The molecule has 1 fully saturated rings. The zero-order chi connectivity index (χ0) is 14.8. The summed E-state index contributed by atoms with van der Waals surface area (Å²) in [5, 5.41) is 8.01. The number of carbonyl (C=O) groups excluding carboxylic acids is 1. The van der Waals surface area contributed by atoms with Gasteiger partial charge in [-0.3, -0.25) is 4.79 Å². The van der Waals surface area contributed by atoms with Gasteiger partial charge in [0.25, 0.3) is 5.91 Å². The Morgan fingerprint density at radius 1 is 1.15 bits per heavy atom. The van der Waals surface area contributed by atoms with E-state index in [1.807, 2.05) is 0 Å². The van der Waals surface area contributed by atoms with Crippen LogP contribution in [0.4, 0.5) is 0 Å². The molecule has 0 atom stereocenters. The quantitative estimate of drug-likeness (QED) is 0.888. The van der Waals surface area contributed by atoms with Gasteiger partial charge in [-0.25, -0.2) is 13.6 Å². The molecule has 0 aliphatic heterocycles. The van der Waals surface area contributed by atoms with Gasteiger partial charge < -0.3 is 5.32 Å². The number of hydrogen-bond acceptors (Lipinski definition) is 3. The topological polar surface area (TPSA) is 89.3 Å². The molecule has 1 amide bonds.